The molecule has 0 radical (unpaired) electrons. The summed E-state index contributed by atoms with van der Waals surface area (Å²) in [5, 5.41) is 3.87. The molecule has 1 fully saturated rings. The topological polar surface area (TPSA) is 34.2 Å². The Morgan fingerprint density at radius 2 is 2.14 bits per heavy atom. The van der Waals surface area contributed by atoms with Gasteiger partial charge in [-0.3, -0.25) is 4.98 Å². The van der Waals surface area contributed by atoms with E-state index in [4.69, 9.17) is 9.72 Å². The van der Waals surface area contributed by atoms with E-state index in [9.17, 15) is 0 Å². The van der Waals surface area contributed by atoms with Crippen molar-refractivity contribution >= 4 is 0 Å². The molecular weight excluding hydrogens is 272 g/mol. The van der Waals surface area contributed by atoms with Crippen LogP contribution in [0.25, 0.3) is 0 Å². The van der Waals surface area contributed by atoms with Crippen LogP contribution in [0.2, 0.25) is 0 Å². The molecule has 1 saturated heterocycles. The normalized spacial score (nSPS) is 27.5. The van der Waals surface area contributed by atoms with Gasteiger partial charge in [0.1, 0.15) is 0 Å². The number of hydrogen-bond donors (Lipinski definition) is 1. The van der Waals surface area contributed by atoms with Gasteiger partial charge in [0.2, 0.25) is 0 Å². The number of rotatable bonds is 3. The maximum Gasteiger partial charge on any atom is 0.0520 e. The van der Waals surface area contributed by atoms with E-state index in [-0.39, 0.29) is 5.41 Å². The maximum atomic E-state index is 5.66. The first-order chi connectivity index (χ1) is 10.5. The Balaban J connectivity index is 1.72. The molecule has 0 aromatic carbocycles. The van der Waals surface area contributed by atoms with Gasteiger partial charge in [0, 0.05) is 24.0 Å². The summed E-state index contributed by atoms with van der Waals surface area (Å²) in [6, 6.07) is 2.72. The van der Waals surface area contributed by atoms with Gasteiger partial charge in [-0.05, 0) is 74.6 Å². The van der Waals surface area contributed by atoms with Crippen molar-refractivity contribution in [2.24, 2.45) is 11.3 Å². The molecule has 1 aliphatic heterocycles. The highest BCUT2D eigenvalue weighted by molar-refractivity contribution is 5.36. The Kier molecular flexibility index (Phi) is 4.56. The van der Waals surface area contributed by atoms with Gasteiger partial charge < -0.3 is 10.1 Å². The summed E-state index contributed by atoms with van der Waals surface area (Å²) in [7, 11) is 0. The van der Waals surface area contributed by atoms with Crippen LogP contribution >= 0.6 is 0 Å². The molecule has 0 saturated carbocycles. The second kappa shape index (κ2) is 6.29. The SMILES string of the molecule is Cc1cc(C)c2c(n1)CCCC2NCC1CCOCC1(C)C. The maximum absolute atomic E-state index is 5.66. The minimum Gasteiger partial charge on any atom is -0.381 e. The fraction of sp³-hybridized carbons (Fsp3) is 0.737. The number of hydrogen-bond acceptors (Lipinski definition) is 3. The van der Waals surface area contributed by atoms with Crippen LogP contribution in [0, 0.1) is 25.2 Å². The van der Waals surface area contributed by atoms with Crippen LogP contribution in [-0.2, 0) is 11.2 Å². The van der Waals surface area contributed by atoms with Gasteiger partial charge in [-0.1, -0.05) is 13.8 Å². The van der Waals surface area contributed by atoms with Crippen LogP contribution in [0.1, 0.15) is 61.7 Å². The third-order valence-electron chi connectivity index (χ3n) is 5.53. The van der Waals surface area contributed by atoms with Gasteiger partial charge in [0.05, 0.1) is 6.61 Å². The van der Waals surface area contributed by atoms with Crippen molar-refractivity contribution in [2.45, 2.75) is 59.4 Å². The van der Waals surface area contributed by atoms with E-state index >= 15 is 0 Å². The van der Waals surface area contributed by atoms with Crippen LogP contribution < -0.4 is 5.32 Å². The molecule has 1 N–H and O–H groups in total. The minimum absolute atomic E-state index is 0.281. The summed E-state index contributed by atoms with van der Waals surface area (Å²) < 4.78 is 5.66. The summed E-state index contributed by atoms with van der Waals surface area (Å²) in [5.74, 6) is 0.699. The zero-order valence-electron chi connectivity index (χ0n) is 14.5. The van der Waals surface area contributed by atoms with Gasteiger partial charge in [0.25, 0.3) is 0 Å². The predicted molar refractivity (Wildman–Crippen MR) is 90.1 cm³/mol. The number of pyridine rings is 1. The molecule has 3 heteroatoms. The van der Waals surface area contributed by atoms with Crippen LogP contribution in [0.15, 0.2) is 6.07 Å². The lowest BCUT2D eigenvalue weighted by Crippen LogP contribution is -2.42. The Labute approximate surface area is 134 Å². The summed E-state index contributed by atoms with van der Waals surface area (Å²) in [5.41, 5.74) is 5.64. The molecule has 0 bridgehead atoms. The van der Waals surface area contributed by atoms with Gasteiger partial charge >= 0.3 is 0 Å². The van der Waals surface area contributed by atoms with Crippen LogP contribution in [-0.4, -0.2) is 24.7 Å². The number of nitrogens with one attached hydrogen (secondary N) is 1. The van der Waals surface area contributed by atoms with Crippen LogP contribution in [0.4, 0.5) is 0 Å². The molecule has 0 spiro atoms. The Morgan fingerprint density at radius 3 is 2.91 bits per heavy atom. The first-order valence-electron chi connectivity index (χ1n) is 8.75. The van der Waals surface area contributed by atoms with E-state index in [0.29, 0.717) is 12.0 Å². The molecule has 3 nitrogen and oxygen atoms in total. The predicted octanol–water partition coefficient (Wildman–Crippen LogP) is 3.73. The molecule has 2 unspecified atom stereocenters. The van der Waals surface area contributed by atoms with E-state index in [1.807, 2.05) is 0 Å². The zero-order chi connectivity index (χ0) is 15.7. The van der Waals surface area contributed by atoms with Gasteiger partial charge in [-0.15, -0.1) is 0 Å². The molecule has 0 amide bonds. The molecular formula is C19H30N2O. The Hall–Kier alpha value is -0.930. The highest BCUT2D eigenvalue weighted by Crippen LogP contribution is 2.35. The first-order valence-corrected chi connectivity index (χ1v) is 8.75. The average molecular weight is 302 g/mol. The fourth-order valence-electron chi connectivity index (χ4n) is 4.14. The molecule has 1 aromatic heterocycles. The monoisotopic (exact) mass is 302 g/mol. The number of fused-ring (bicyclic) bond motifs is 1. The van der Waals surface area contributed by atoms with E-state index < -0.39 is 0 Å². The summed E-state index contributed by atoms with van der Waals surface area (Å²) in [6.07, 6.45) is 4.80. The van der Waals surface area contributed by atoms with Crippen molar-refractivity contribution in [3.8, 4) is 0 Å². The molecule has 2 aliphatic rings. The molecule has 122 valence electrons. The first kappa shape index (κ1) is 15.9. The van der Waals surface area contributed by atoms with E-state index in [1.54, 1.807) is 0 Å². The van der Waals surface area contributed by atoms with E-state index in [1.165, 1.54) is 36.1 Å². The molecule has 2 heterocycles. The summed E-state index contributed by atoms with van der Waals surface area (Å²) >= 11 is 0. The Morgan fingerprint density at radius 1 is 1.32 bits per heavy atom. The quantitative estimate of drug-likeness (QED) is 0.924. The minimum atomic E-state index is 0.281. The Bertz CT molecular complexity index is 538. The van der Waals surface area contributed by atoms with E-state index in [2.05, 4.69) is 39.1 Å². The van der Waals surface area contributed by atoms with Gasteiger partial charge in [-0.2, -0.15) is 0 Å². The van der Waals surface area contributed by atoms with Crippen molar-refractivity contribution in [1.82, 2.24) is 10.3 Å². The second-order valence-electron chi connectivity index (χ2n) is 7.82. The summed E-state index contributed by atoms with van der Waals surface area (Å²) in [4.78, 5) is 4.79. The zero-order valence-corrected chi connectivity index (χ0v) is 14.5. The third-order valence-corrected chi connectivity index (χ3v) is 5.53. The number of aromatic nitrogens is 1. The largest absolute Gasteiger partial charge is 0.381 e. The number of ether oxygens (including phenoxy) is 1. The van der Waals surface area contributed by atoms with Gasteiger partial charge in [0.15, 0.2) is 0 Å². The molecule has 2 atom stereocenters. The third kappa shape index (κ3) is 3.21. The highest BCUT2D eigenvalue weighted by Gasteiger charge is 2.33. The van der Waals surface area contributed by atoms with Crippen LogP contribution in [0.3, 0.4) is 0 Å². The standard InChI is InChI=1S/C19H30N2O/c1-13-10-14(2)21-17-7-5-6-16(18(13)17)20-11-15-8-9-22-12-19(15,3)4/h10,15-16,20H,5-9,11-12H2,1-4H3. The lowest BCUT2D eigenvalue weighted by molar-refractivity contribution is -0.0315. The smallest absolute Gasteiger partial charge is 0.0520 e. The lowest BCUT2D eigenvalue weighted by atomic mass is 9.76. The molecule has 1 aliphatic carbocycles. The second-order valence-corrected chi connectivity index (χ2v) is 7.82. The molecule has 22 heavy (non-hydrogen) atoms. The number of nitrogens with zero attached hydrogens (tertiary/aromatic N) is 1. The van der Waals surface area contributed by atoms with Crippen molar-refractivity contribution < 1.29 is 4.74 Å². The van der Waals surface area contributed by atoms with Crippen molar-refractivity contribution in [1.29, 1.82) is 0 Å². The van der Waals surface area contributed by atoms with E-state index in [0.717, 1.165) is 31.9 Å². The van der Waals surface area contributed by atoms with Crippen LogP contribution in [0.5, 0.6) is 0 Å². The fourth-order valence-corrected chi connectivity index (χ4v) is 4.14. The van der Waals surface area contributed by atoms with Gasteiger partial charge in [-0.25, -0.2) is 0 Å². The molecule has 1 aromatic rings. The van der Waals surface area contributed by atoms with Crippen molar-refractivity contribution in [3.05, 3.63) is 28.6 Å². The summed E-state index contributed by atoms with van der Waals surface area (Å²) in [6.45, 7) is 11.9. The molecule has 3 rings (SSSR count). The number of aryl methyl sites for hydroxylation is 3. The van der Waals surface area contributed by atoms with Crippen molar-refractivity contribution in [2.75, 3.05) is 19.8 Å². The average Bonchev–Trinajstić information content (AvgIpc) is 2.45. The van der Waals surface area contributed by atoms with Crippen molar-refractivity contribution in [3.63, 3.8) is 0 Å². The highest BCUT2D eigenvalue weighted by atomic mass is 16.5. The lowest BCUT2D eigenvalue weighted by Gasteiger charge is -2.40.